The maximum atomic E-state index is 13.1. The molecule has 1 aliphatic rings. The first-order valence-corrected chi connectivity index (χ1v) is 9.37. The SMILES string of the molecule is C[Si](C)(C)c1ccc(I)c2c1OC(F)(F)O2. The highest BCUT2D eigenvalue weighted by atomic mass is 127. The van der Waals surface area contributed by atoms with Crippen molar-refractivity contribution in [3.05, 3.63) is 15.7 Å². The Morgan fingerprint density at radius 2 is 1.69 bits per heavy atom. The molecule has 1 heterocycles. The number of rotatable bonds is 1. The van der Waals surface area contributed by atoms with Gasteiger partial charge in [0, 0.05) is 0 Å². The van der Waals surface area contributed by atoms with Crippen molar-refractivity contribution in [2.24, 2.45) is 0 Å². The number of hydrogen-bond acceptors (Lipinski definition) is 2. The molecule has 1 aromatic rings. The summed E-state index contributed by atoms with van der Waals surface area (Å²) in [6, 6.07) is 3.65. The van der Waals surface area contributed by atoms with E-state index in [0.29, 0.717) is 3.57 Å². The summed E-state index contributed by atoms with van der Waals surface area (Å²) in [6.45, 7) is 6.24. The van der Waals surface area contributed by atoms with Crippen LogP contribution >= 0.6 is 22.6 Å². The molecule has 0 unspecified atom stereocenters. The molecule has 1 aliphatic heterocycles. The molecular weight excluding hydrogens is 345 g/mol. The average Bonchev–Trinajstić information content (AvgIpc) is 2.39. The Balaban J connectivity index is 2.59. The zero-order valence-electron chi connectivity index (χ0n) is 9.11. The second-order valence-electron chi connectivity index (χ2n) is 4.67. The summed E-state index contributed by atoms with van der Waals surface area (Å²) in [6.07, 6.45) is -3.53. The van der Waals surface area contributed by atoms with Crippen molar-refractivity contribution in [1.82, 2.24) is 0 Å². The fraction of sp³-hybridized carbons (Fsp3) is 0.400. The van der Waals surface area contributed by atoms with E-state index in [9.17, 15) is 8.78 Å². The number of ether oxygens (including phenoxy) is 2. The molecule has 1 aromatic carbocycles. The van der Waals surface area contributed by atoms with Crippen LogP contribution < -0.4 is 14.7 Å². The quantitative estimate of drug-likeness (QED) is 0.569. The number of alkyl halides is 2. The molecule has 16 heavy (non-hydrogen) atoms. The van der Waals surface area contributed by atoms with Crippen LogP contribution in [0.15, 0.2) is 12.1 Å². The Hall–Kier alpha value is -0.373. The Kier molecular flexibility index (Phi) is 2.69. The Morgan fingerprint density at radius 1 is 1.12 bits per heavy atom. The summed E-state index contributed by atoms with van der Waals surface area (Å²) in [5.74, 6) is 0.390. The van der Waals surface area contributed by atoms with Gasteiger partial charge in [-0.2, -0.15) is 0 Å². The lowest BCUT2D eigenvalue weighted by molar-refractivity contribution is -0.286. The zero-order chi connectivity index (χ0) is 12.1. The highest BCUT2D eigenvalue weighted by Gasteiger charge is 2.46. The van der Waals surface area contributed by atoms with Gasteiger partial charge in [0.1, 0.15) is 0 Å². The molecule has 6 heteroatoms. The van der Waals surface area contributed by atoms with Gasteiger partial charge in [-0.05, 0) is 33.8 Å². The molecule has 2 rings (SSSR count). The van der Waals surface area contributed by atoms with E-state index in [1.807, 2.05) is 28.7 Å². The summed E-state index contributed by atoms with van der Waals surface area (Å²) in [4.78, 5) is 0. The Labute approximate surface area is 107 Å². The number of fused-ring (bicyclic) bond motifs is 1. The first-order chi connectivity index (χ1) is 7.21. The van der Waals surface area contributed by atoms with Crippen LogP contribution in [0.3, 0.4) is 0 Å². The smallest absolute Gasteiger partial charge is 0.395 e. The monoisotopic (exact) mass is 356 g/mol. The van der Waals surface area contributed by atoms with Crippen LogP contribution in [0.5, 0.6) is 11.5 Å². The van der Waals surface area contributed by atoms with Crippen LogP contribution in [-0.2, 0) is 0 Å². The summed E-state index contributed by atoms with van der Waals surface area (Å²) in [5, 5.41) is 0.861. The Morgan fingerprint density at radius 3 is 2.25 bits per heavy atom. The molecule has 0 amide bonds. The molecule has 0 spiro atoms. The van der Waals surface area contributed by atoms with E-state index in [2.05, 4.69) is 29.1 Å². The fourth-order valence-electron chi connectivity index (χ4n) is 1.58. The first-order valence-electron chi connectivity index (χ1n) is 4.79. The van der Waals surface area contributed by atoms with Gasteiger partial charge in [-0.15, -0.1) is 8.78 Å². The highest BCUT2D eigenvalue weighted by Crippen LogP contribution is 2.43. The van der Waals surface area contributed by atoms with Crippen LogP contribution in [0.4, 0.5) is 8.78 Å². The third kappa shape index (κ3) is 2.04. The molecule has 0 bridgehead atoms. The van der Waals surface area contributed by atoms with E-state index >= 15 is 0 Å². The zero-order valence-corrected chi connectivity index (χ0v) is 12.3. The van der Waals surface area contributed by atoms with Crippen molar-refractivity contribution in [2.45, 2.75) is 25.9 Å². The lowest BCUT2D eigenvalue weighted by Crippen LogP contribution is -2.39. The van der Waals surface area contributed by atoms with Crippen molar-refractivity contribution < 1.29 is 18.3 Å². The van der Waals surface area contributed by atoms with Gasteiger partial charge in [-0.1, -0.05) is 25.7 Å². The van der Waals surface area contributed by atoms with Gasteiger partial charge < -0.3 is 9.47 Å². The minimum Gasteiger partial charge on any atom is -0.395 e. The minimum atomic E-state index is -3.53. The summed E-state index contributed by atoms with van der Waals surface area (Å²) in [7, 11) is -1.72. The topological polar surface area (TPSA) is 18.5 Å². The van der Waals surface area contributed by atoms with Gasteiger partial charge in [0.25, 0.3) is 0 Å². The third-order valence-corrected chi connectivity index (χ3v) is 5.17. The molecule has 2 nitrogen and oxygen atoms in total. The van der Waals surface area contributed by atoms with E-state index in [1.165, 1.54) is 0 Å². The average molecular weight is 356 g/mol. The van der Waals surface area contributed by atoms with Crippen LogP contribution in [0, 0.1) is 3.57 Å². The largest absolute Gasteiger partial charge is 0.586 e. The summed E-state index contributed by atoms with van der Waals surface area (Å²) in [5.41, 5.74) is 0. The predicted molar refractivity (Wildman–Crippen MR) is 68.3 cm³/mol. The van der Waals surface area contributed by atoms with Crippen molar-refractivity contribution in [3.8, 4) is 11.5 Å². The van der Waals surface area contributed by atoms with Crippen LogP contribution in [-0.4, -0.2) is 14.4 Å². The molecule has 0 atom stereocenters. The fourth-order valence-corrected chi connectivity index (χ4v) is 3.55. The van der Waals surface area contributed by atoms with Gasteiger partial charge in [-0.25, -0.2) is 0 Å². The van der Waals surface area contributed by atoms with Gasteiger partial charge >= 0.3 is 6.29 Å². The molecule has 0 N–H and O–H groups in total. The summed E-state index contributed by atoms with van der Waals surface area (Å²) < 4.78 is 35.9. The second-order valence-corrected chi connectivity index (χ2v) is 10.9. The third-order valence-electron chi connectivity index (χ3n) is 2.31. The molecular formula is C10H11F2IO2Si. The van der Waals surface area contributed by atoms with Gasteiger partial charge in [0.05, 0.1) is 11.6 Å². The molecule has 0 aromatic heterocycles. The van der Waals surface area contributed by atoms with Crippen molar-refractivity contribution in [3.63, 3.8) is 0 Å². The highest BCUT2D eigenvalue weighted by molar-refractivity contribution is 14.1. The van der Waals surface area contributed by atoms with E-state index in [-0.39, 0.29) is 11.5 Å². The maximum Gasteiger partial charge on any atom is 0.586 e. The number of benzene rings is 1. The molecule has 0 aliphatic carbocycles. The van der Waals surface area contributed by atoms with Gasteiger partial charge in [0.2, 0.25) is 0 Å². The Bertz CT molecular complexity index is 443. The number of halogens is 3. The van der Waals surface area contributed by atoms with Crippen LogP contribution in [0.1, 0.15) is 0 Å². The molecule has 0 radical (unpaired) electrons. The van der Waals surface area contributed by atoms with Crippen LogP contribution in [0.2, 0.25) is 19.6 Å². The van der Waals surface area contributed by atoms with Crippen molar-refractivity contribution in [1.29, 1.82) is 0 Å². The molecule has 88 valence electrons. The lowest BCUT2D eigenvalue weighted by Gasteiger charge is -2.18. The first kappa shape index (κ1) is 12.1. The molecule has 0 saturated heterocycles. The molecule has 0 saturated carbocycles. The van der Waals surface area contributed by atoms with Crippen molar-refractivity contribution in [2.75, 3.05) is 0 Å². The number of hydrogen-bond donors (Lipinski definition) is 0. The molecule has 0 fully saturated rings. The van der Waals surface area contributed by atoms with E-state index in [1.54, 1.807) is 6.07 Å². The predicted octanol–water partition coefficient (Wildman–Crippen LogP) is 3.16. The van der Waals surface area contributed by atoms with Crippen LogP contribution in [0.25, 0.3) is 0 Å². The normalized spacial score (nSPS) is 17.6. The standard InChI is InChI=1S/C10H11F2IO2Si/c1-16(2,3)7-5-4-6(13)8-9(7)15-10(11,12)14-8/h4-5H,1-3H3. The van der Waals surface area contributed by atoms with Gasteiger partial charge in [0.15, 0.2) is 11.5 Å². The minimum absolute atomic E-state index is 0.172. The van der Waals surface area contributed by atoms with E-state index in [0.717, 1.165) is 5.19 Å². The summed E-state index contributed by atoms with van der Waals surface area (Å²) >= 11 is 1.96. The second kappa shape index (κ2) is 3.56. The lowest BCUT2D eigenvalue weighted by atomic mass is 10.3. The van der Waals surface area contributed by atoms with Gasteiger partial charge in [-0.3, -0.25) is 0 Å². The maximum absolute atomic E-state index is 13.1. The van der Waals surface area contributed by atoms with E-state index in [4.69, 9.17) is 0 Å². The van der Waals surface area contributed by atoms with E-state index < -0.39 is 14.4 Å². The van der Waals surface area contributed by atoms with Crippen molar-refractivity contribution >= 4 is 35.9 Å².